The lowest BCUT2D eigenvalue weighted by Crippen LogP contribution is -2.25. The van der Waals surface area contributed by atoms with Crippen molar-refractivity contribution < 1.29 is 24.1 Å². The second kappa shape index (κ2) is 7.43. The van der Waals surface area contributed by atoms with Gasteiger partial charge in [-0.1, -0.05) is 18.7 Å². The molecule has 1 aromatic rings. The van der Waals surface area contributed by atoms with E-state index < -0.39 is 12.1 Å². The molecule has 5 nitrogen and oxygen atoms in total. The summed E-state index contributed by atoms with van der Waals surface area (Å²) in [6.45, 7) is 3.51. The monoisotopic (exact) mass is 266 g/mol. The molecule has 1 N–H and O–H groups in total. The first-order valence-corrected chi connectivity index (χ1v) is 5.78. The predicted molar refractivity (Wildman–Crippen MR) is 70.4 cm³/mol. The second-order valence-corrected chi connectivity index (χ2v) is 3.83. The molecule has 1 rings (SSSR count). The first-order chi connectivity index (χ1) is 9.12. The number of hydrogen-bond donors (Lipinski definition) is 1. The molecule has 0 aromatic heterocycles. The van der Waals surface area contributed by atoms with Crippen LogP contribution in [-0.4, -0.2) is 38.0 Å². The molecule has 0 aliphatic carbocycles. The van der Waals surface area contributed by atoms with Crippen LogP contribution in [0, 0.1) is 0 Å². The summed E-state index contributed by atoms with van der Waals surface area (Å²) in [6, 6.07) is 5.18. The molecule has 19 heavy (non-hydrogen) atoms. The van der Waals surface area contributed by atoms with Crippen molar-refractivity contribution in [3.63, 3.8) is 0 Å². The van der Waals surface area contributed by atoms with Gasteiger partial charge in [0.05, 0.1) is 14.2 Å². The van der Waals surface area contributed by atoms with Gasteiger partial charge in [0.25, 0.3) is 0 Å². The highest BCUT2D eigenvalue weighted by atomic mass is 16.5. The van der Waals surface area contributed by atoms with E-state index in [-0.39, 0.29) is 13.0 Å². The van der Waals surface area contributed by atoms with Crippen LogP contribution < -0.4 is 9.47 Å². The lowest BCUT2D eigenvalue weighted by atomic mass is 10.1. The quantitative estimate of drug-likeness (QED) is 0.596. The molecule has 0 fully saturated rings. The van der Waals surface area contributed by atoms with Crippen LogP contribution in [0.25, 0.3) is 0 Å². The number of esters is 1. The van der Waals surface area contributed by atoms with E-state index in [0.717, 1.165) is 5.56 Å². The van der Waals surface area contributed by atoms with Crippen LogP contribution in [0.5, 0.6) is 11.5 Å². The minimum Gasteiger partial charge on any atom is -0.493 e. The first kappa shape index (κ1) is 15.0. The zero-order valence-electron chi connectivity index (χ0n) is 11.1. The Morgan fingerprint density at radius 3 is 2.63 bits per heavy atom. The van der Waals surface area contributed by atoms with Gasteiger partial charge in [0.15, 0.2) is 17.6 Å². The van der Waals surface area contributed by atoms with Crippen LogP contribution >= 0.6 is 0 Å². The van der Waals surface area contributed by atoms with E-state index in [0.29, 0.717) is 11.5 Å². The standard InChI is InChI=1S/C14H18O5/c1-4-7-19-14(16)11(15)8-10-5-6-12(17-2)13(9-10)18-3/h4-6,9,11,15H,1,7-8H2,2-3H3. The molecular formula is C14H18O5. The molecule has 1 unspecified atom stereocenters. The number of carbonyl (C=O) groups is 1. The molecule has 0 bridgehead atoms. The number of carbonyl (C=O) groups excluding carboxylic acids is 1. The second-order valence-electron chi connectivity index (χ2n) is 3.83. The minimum atomic E-state index is -1.21. The summed E-state index contributed by atoms with van der Waals surface area (Å²) in [6.07, 6.45) is 0.384. The summed E-state index contributed by atoms with van der Waals surface area (Å²) < 4.78 is 15.0. The summed E-state index contributed by atoms with van der Waals surface area (Å²) >= 11 is 0. The molecule has 0 aliphatic rings. The summed E-state index contributed by atoms with van der Waals surface area (Å²) in [5.41, 5.74) is 0.751. The van der Waals surface area contributed by atoms with Crippen molar-refractivity contribution in [3.8, 4) is 11.5 Å². The molecule has 0 spiro atoms. The van der Waals surface area contributed by atoms with E-state index in [4.69, 9.17) is 14.2 Å². The lowest BCUT2D eigenvalue weighted by molar-refractivity contribution is -0.152. The molecular weight excluding hydrogens is 248 g/mol. The number of rotatable bonds is 7. The third-order valence-corrected chi connectivity index (χ3v) is 2.49. The fourth-order valence-electron chi connectivity index (χ4n) is 1.55. The Bertz CT molecular complexity index is 441. The van der Waals surface area contributed by atoms with Crippen molar-refractivity contribution >= 4 is 5.97 Å². The first-order valence-electron chi connectivity index (χ1n) is 5.78. The molecule has 0 radical (unpaired) electrons. The number of methoxy groups -OCH3 is 2. The van der Waals surface area contributed by atoms with Gasteiger partial charge in [-0.3, -0.25) is 0 Å². The van der Waals surface area contributed by atoms with Gasteiger partial charge in [0.2, 0.25) is 0 Å². The topological polar surface area (TPSA) is 65.0 Å². The smallest absolute Gasteiger partial charge is 0.335 e. The Morgan fingerprint density at radius 1 is 1.37 bits per heavy atom. The van der Waals surface area contributed by atoms with Crippen LogP contribution in [0.15, 0.2) is 30.9 Å². The van der Waals surface area contributed by atoms with Crippen molar-refractivity contribution in [2.75, 3.05) is 20.8 Å². The fraction of sp³-hybridized carbons (Fsp3) is 0.357. The molecule has 0 heterocycles. The Kier molecular flexibility index (Phi) is 5.89. The van der Waals surface area contributed by atoms with E-state index >= 15 is 0 Å². The van der Waals surface area contributed by atoms with Crippen molar-refractivity contribution in [1.82, 2.24) is 0 Å². The van der Waals surface area contributed by atoms with E-state index in [1.807, 2.05) is 0 Å². The zero-order valence-corrected chi connectivity index (χ0v) is 11.1. The average molecular weight is 266 g/mol. The summed E-state index contributed by atoms with van der Waals surface area (Å²) in [5.74, 6) is 0.469. The summed E-state index contributed by atoms with van der Waals surface area (Å²) in [5, 5.41) is 9.71. The van der Waals surface area contributed by atoms with Crippen molar-refractivity contribution in [2.45, 2.75) is 12.5 Å². The highest BCUT2D eigenvalue weighted by Crippen LogP contribution is 2.28. The van der Waals surface area contributed by atoms with Crippen molar-refractivity contribution in [1.29, 1.82) is 0 Å². The average Bonchev–Trinajstić information content (AvgIpc) is 2.44. The third kappa shape index (κ3) is 4.30. The van der Waals surface area contributed by atoms with Gasteiger partial charge in [0, 0.05) is 6.42 Å². The van der Waals surface area contributed by atoms with Crippen LogP contribution in [0.4, 0.5) is 0 Å². The maximum atomic E-state index is 11.4. The predicted octanol–water partition coefficient (Wildman–Crippen LogP) is 1.34. The number of aliphatic hydroxyl groups is 1. The number of ether oxygens (including phenoxy) is 3. The molecule has 0 amide bonds. The van der Waals surface area contributed by atoms with Crippen LogP contribution in [0.2, 0.25) is 0 Å². The Labute approximate surface area is 112 Å². The Hall–Kier alpha value is -2.01. The summed E-state index contributed by atoms with van der Waals surface area (Å²) in [7, 11) is 3.06. The van der Waals surface area contributed by atoms with Gasteiger partial charge in [-0.25, -0.2) is 4.79 Å². The van der Waals surface area contributed by atoms with Gasteiger partial charge in [-0.15, -0.1) is 0 Å². The molecule has 0 aliphatic heterocycles. The van der Waals surface area contributed by atoms with Gasteiger partial charge in [-0.2, -0.15) is 0 Å². The largest absolute Gasteiger partial charge is 0.493 e. The van der Waals surface area contributed by atoms with Crippen molar-refractivity contribution in [2.24, 2.45) is 0 Å². The molecule has 0 saturated heterocycles. The van der Waals surface area contributed by atoms with Crippen LogP contribution in [-0.2, 0) is 16.0 Å². The zero-order chi connectivity index (χ0) is 14.3. The van der Waals surface area contributed by atoms with E-state index in [2.05, 4.69) is 6.58 Å². The lowest BCUT2D eigenvalue weighted by Gasteiger charge is -2.12. The Morgan fingerprint density at radius 2 is 2.05 bits per heavy atom. The Balaban J connectivity index is 2.71. The molecule has 0 saturated carbocycles. The van der Waals surface area contributed by atoms with Crippen LogP contribution in [0.1, 0.15) is 5.56 Å². The third-order valence-electron chi connectivity index (χ3n) is 2.49. The highest BCUT2D eigenvalue weighted by Gasteiger charge is 2.17. The maximum Gasteiger partial charge on any atom is 0.335 e. The maximum absolute atomic E-state index is 11.4. The SMILES string of the molecule is C=CCOC(=O)C(O)Cc1ccc(OC)c(OC)c1. The van der Waals surface area contributed by atoms with Crippen LogP contribution in [0.3, 0.4) is 0 Å². The number of aliphatic hydroxyl groups excluding tert-OH is 1. The molecule has 104 valence electrons. The minimum absolute atomic E-state index is 0.0851. The molecule has 1 aromatic carbocycles. The van der Waals surface area contributed by atoms with Gasteiger partial charge >= 0.3 is 5.97 Å². The van der Waals surface area contributed by atoms with E-state index in [1.165, 1.54) is 13.2 Å². The van der Waals surface area contributed by atoms with E-state index in [9.17, 15) is 9.90 Å². The van der Waals surface area contributed by atoms with Gasteiger partial charge in [0.1, 0.15) is 6.61 Å². The fourth-order valence-corrected chi connectivity index (χ4v) is 1.55. The van der Waals surface area contributed by atoms with Gasteiger partial charge < -0.3 is 19.3 Å². The van der Waals surface area contributed by atoms with Gasteiger partial charge in [-0.05, 0) is 17.7 Å². The normalized spacial score (nSPS) is 11.5. The highest BCUT2D eigenvalue weighted by molar-refractivity contribution is 5.74. The number of hydrogen-bond acceptors (Lipinski definition) is 5. The molecule has 5 heteroatoms. The summed E-state index contributed by atoms with van der Waals surface area (Å²) in [4.78, 5) is 11.4. The van der Waals surface area contributed by atoms with Crippen molar-refractivity contribution in [3.05, 3.63) is 36.4 Å². The number of benzene rings is 1. The van der Waals surface area contributed by atoms with E-state index in [1.54, 1.807) is 25.3 Å². The molecule has 1 atom stereocenters.